The average Bonchev–Trinajstić information content (AvgIpc) is 2.19. The summed E-state index contributed by atoms with van der Waals surface area (Å²) in [6, 6.07) is 3.95. The lowest BCUT2D eigenvalue weighted by Gasteiger charge is -2.21. The number of carbonyl (C=O) groups is 1. The SMILES string of the molecule is Cc1ccc(CN(CC(=O)O)CC(C)C)nc1. The number of carboxylic acid groups (broad SMARTS) is 1. The van der Waals surface area contributed by atoms with Crippen LogP contribution in [0.3, 0.4) is 0 Å². The van der Waals surface area contributed by atoms with E-state index in [4.69, 9.17) is 5.11 Å². The molecule has 1 rings (SSSR count). The third kappa shape index (κ3) is 5.45. The number of pyridine rings is 1. The molecule has 1 heterocycles. The predicted octanol–water partition coefficient (Wildman–Crippen LogP) is 1.93. The molecular weight excluding hydrogens is 216 g/mol. The first kappa shape index (κ1) is 13.6. The van der Waals surface area contributed by atoms with Crippen LogP contribution in [0.25, 0.3) is 0 Å². The molecule has 4 nitrogen and oxygen atoms in total. The van der Waals surface area contributed by atoms with E-state index >= 15 is 0 Å². The highest BCUT2D eigenvalue weighted by atomic mass is 16.4. The van der Waals surface area contributed by atoms with Gasteiger partial charge in [-0.05, 0) is 24.5 Å². The van der Waals surface area contributed by atoms with Crippen LogP contribution in [0.5, 0.6) is 0 Å². The molecule has 0 spiro atoms. The molecule has 0 aliphatic heterocycles. The Bertz CT molecular complexity index is 360. The number of hydrogen-bond donors (Lipinski definition) is 1. The number of aryl methyl sites for hydroxylation is 1. The Morgan fingerprint density at radius 3 is 2.65 bits per heavy atom. The molecule has 0 aliphatic rings. The number of carboxylic acids is 1. The maximum atomic E-state index is 10.8. The van der Waals surface area contributed by atoms with Crippen LogP contribution in [-0.2, 0) is 11.3 Å². The number of nitrogens with zero attached hydrogens (tertiary/aromatic N) is 2. The van der Waals surface area contributed by atoms with E-state index in [0.717, 1.165) is 17.8 Å². The molecule has 0 aliphatic carbocycles. The van der Waals surface area contributed by atoms with Crippen LogP contribution in [0.1, 0.15) is 25.1 Å². The Morgan fingerprint density at radius 2 is 2.18 bits per heavy atom. The van der Waals surface area contributed by atoms with Gasteiger partial charge >= 0.3 is 5.97 Å². The lowest BCUT2D eigenvalue weighted by Crippen LogP contribution is -2.32. The first-order valence-corrected chi connectivity index (χ1v) is 5.83. The van der Waals surface area contributed by atoms with Gasteiger partial charge in [-0.1, -0.05) is 19.9 Å². The van der Waals surface area contributed by atoms with Crippen LogP contribution in [0.4, 0.5) is 0 Å². The minimum Gasteiger partial charge on any atom is -0.480 e. The molecule has 1 aromatic heterocycles. The molecule has 0 aromatic carbocycles. The van der Waals surface area contributed by atoms with Gasteiger partial charge in [0.05, 0.1) is 12.2 Å². The van der Waals surface area contributed by atoms with Crippen LogP contribution < -0.4 is 0 Å². The Morgan fingerprint density at radius 1 is 1.47 bits per heavy atom. The van der Waals surface area contributed by atoms with Crippen molar-refractivity contribution in [2.24, 2.45) is 5.92 Å². The third-order valence-electron chi connectivity index (χ3n) is 2.34. The van der Waals surface area contributed by atoms with Gasteiger partial charge in [-0.2, -0.15) is 0 Å². The molecule has 4 heteroatoms. The molecular formula is C13H20N2O2. The van der Waals surface area contributed by atoms with Crippen molar-refractivity contribution in [2.75, 3.05) is 13.1 Å². The summed E-state index contributed by atoms with van der Waals surface area (Å²) in [5.41, 5.74) is 2.03. The topological polar surface area (TPSA) is 53.4 Å². The summed E-state index contributed by atoms with van der Waals surface area (Å²) in [4.78, 5) is 17.0. The lowest BCUT2D eigenvalue weighted by molar-refractivity contribution is -0.138. The van der Waals surface area contributed by atoms with E-state index in [-0.39, 0.29) is 6.54 Å². The maximum Gasteiger partial charge on any atom is 0.317 e. The van der Waals surface area contributed by atoms with E-state index in [0.29, 0.717) is 12.5 Å². The van der Waals surface area contributed by atoms with Crippen molar-refractivity contribution in [1.82, 2.24) is 9.88 Å². The van der Waals surface area contributed by atoms with E-state index in [1.54, 1.807) is 0 Å². The minimum absolute atomic E-state index is 0.0632. The minimum atomic E-state index is -0.794. The molecule has 94 valence electrons. The molecule has 0 fully saturated rings. The zero-order valence-corrected chi connectivity index (χ0v) is 10.7. The highest BCUT2D eigenvalue weighted by Crippen LogP contribution is 2.06. The number of aromatic nitrogens is 1. The number of hydrogen-bond acceptors (Lipinski definition) is 3. The molecule has 0 saturated heterocycles. The van der Waals surface area contributed by atoms with Crippen LogP contribution in [0, 0.1) is 12.8 Å². The van der Waals surface area contributed by atoms with Crippen LogP contribution >= 0.6 is 0 Å². The van der Waals surface area contributed by atoms with E-state index in [1.807, 2.05) is 30.2 Å². The van der Waals surface area contributed by atoms with Gasteiger partial charge in [-0.15, -0.1) is 0 Å². The second kappa shape index (κ2) is 6.35. The second-order valence-electron chi connectivity index (χ2n) is 4.78. The highest BCUT2D eigenvalue weighted by Gasteiger charge is 2.12. The Kier molecular flexibility index (Phi) is 5.10. The van der Waals surface area contributed by atoms with E-state index in [1.165, 1.54) is 0 Å². The highest BCUT2D eigenvalue weighted by molar-refractivity contribution is 5.69. The van der Waals surface area contributed by atoms with Crippen molar-refractivity contribution in [3.8, 4) is 0 Å². The van der Waals surface area contributed by atoms with Gasteiger partial charge in [0.2, 0.25) is 0 Å². The summed E-state index contributed by atoms with van der Waals surface area (Å²) in [5, 5.41) is 8.86. The normalized spacial score (nSPS) is 11.1. The standard InChI is InChI=1S/C13H20N2O2/c1-10(2)7-15(9-13(16)17)8-12-5-4-11(3)6-14-12/h4-6,10H,7-9H2,1-3H3,(H,16,17). The molecule has 0 radical (unpaired) electrons. The monoisotopic (exact) mass is 236 g/mol. The first-order valence-electron chi connectivity index (χ1n) is 5.83. The summed E-state index contributed by atoms with van der Waals surface area (Å²) >= 11 is 0. The summed E-state index contributed by atoms with van der Waals surface area (Å²) in [6.07, 6.45) is 1.81. The van der Waals surface area contributed by atoms with Crippen LogP contribution in [-0.4, -0.2) is 34.0 Å². The molecule has 1 N–H and O–H groups in total. The van der Waals surface area contributed by atoms with Gasteiger partial charge in [-0.3, -0.25) is 14.7 Å². The maximum absolute atomic E-state index is 10.8. The fraction of sp³-hybridized carbons (Fsp3) is 0.538. The lowest BCUT2D eigenvalue weighted by atomic mass is 10.2. The summed E-state index contributed by atoms with van der Waals surface area (Å²) in [5.74, 6) is -0.349. The zero-order chi connectivity index (χ0) is 12.8. The van der Waals surface area contributed by atoms with Crippen molar-refractivity contribution in [2.45, 2.75) is 27.3 Å². The average molecular weight is 236 g/mol. The Labute approximate surface area is 102 Å². The molecule has 1 aromatic rings. The molecule has 17 heavy (non-hydrogen) atoms. The largest absolute Gasteiger partial charge is 0.480 e. The first-order chi connectivity index (χ1) is 7.97. The second-order valence-corrected chi connectivity index (χ2v) is 4.78. The van der Waals surface area contributed by atoms with Crippen molar-refractivity contribution < 1.29 is 9.90 Å². The molecule has 0 atom stereocenters. The molecule has 0 saturated carbocycles. The summed E-state index contributed by atoms with van der Waals surface area (Å²) < 4.78 is 0. The smallest absolute Gasteiger partial charge is 0.317 e. The van der Waals surface area contributed by atoms with Crippen molar-refractivity contribution in [3.63, 3.8) is 0 Å². The van der Waals surface area contributed by atoms with Crippen molar-refractivity contribution in [3.05, 3.63) is 29.6 Å². The molecule has 0 unspecified atom stereocenters. The summed E-state index contributed by atoms with van der Waals surface area (Å²) in [7, 11) is 0. The fourth-order valence-electron chi connectivity index (χ4n) is 1.71. The van der Waals surface area contributed by atoms with Crippen LogP contribution in [0.15, 0.2) is 18.3 Å². The predicted molar refractivity (Wildman–Crippen MR) is 66.7 cm³/mol. The van der Waals surface area contributed by atoms with Gasteiger partial charge in [-0.25, -0.2) is 0 Å². The molecule has 0 bridgehead atoms. The zero-order valence-electron chi connectivity index (χ0n) is 10.7. The van der Waals surface area contributed by atoms with Crippen molar-refractivity contribution in [1.29, 1.82) is 0 Å². The van der Waals surface area contributed by atoms with Gasteiger partial charge in [0.25, 0.3) is 0 Å². The number of rotatable bonds is 6. The molecule has 0 amide bonds. The number of aliphatic carboxylic acids is 1. The quantitative estimate of drug-likeness (QED) is 0.820. The van der Waals surface area contributed by atoms with Gasteiger partial charge in [0.15, 0.2) is 0 Å². The summed E-state index contributed by atoms with van der Waals surface area (Å²) in [6.45, 7) is 7.56. The fourth-order valence-corrected chi connectivity index (χ4v) is 1.71. The van der Waals surface area contributed by atoms with Gasteiger partial charge < -0.3 is 5.11 Å². The van der Waals surface area contributed by atoms with E-state index in [2.05, 4.69) is 18.8 Å². The van der Waals surface area contributed by atoms with E-state index < -0.39 is 5.97 Å². The Hall–Kier alpha value is -1.42. The van der Waals surface area contributed by atoms with Gasteiger partial charge in [0, 0.05) is 19.3 Å². The van der Waals surface area contributed by atoms with Crippen LogP contribution in [0.2, 0.25) is 0 Å². The Balaban J connectivity index is 2.64. The van der Waals surface area contributed by atoms with Gasteiger partial charge in [0.1, 0.15) is 0 Å². The third-order valence-corrected chi connectivity index (χ3v) is 2.34. The van der Waals surface area contributed by atoms with Crippen molar-refractivity contribution >= 4 is 5.97 Å². The van der Waals surface area contributed by atoms with E-state index in [9.17, 15) is 4.79 Å².